The van der Waals surface area contributed by atoms with Crippen molar-refractivity contribution in [1.82, 2.24) is 4.90 Å². The lowest BCUT2D eigenvalue weighted by molar-refractivity contribution is -0.130. The standard InChI is InChI=1S/C19H23NO4S/c1-13-8-10-17(25-13)15(21)9-11-18(22)20(2)12-14-6-5-7-16(23-3)19(14)24-4/h5-8,10H,9,11-12H2,1-4H3. The molecule has 1 amide bonds. The molecule has 2 aromatic rings. The van der Waals surface area contributed by atoms with Crippen LogP contribution in [-0.2, 0) is 11.3 Å². The first-order valence-electron chi connectivity index (χ1n) is 7.99. The number of aryl methyl sites for hydroxylation is 1. The van der Waals surface area contributed by atoms with Gasteiger partial charge in [-0.15, -0.1) is 11.3 Å². The first-order chi connectivity index (χ1) is 12.0. The first kappa shape index (κ1) is 19.0. The summed E-state index contributed by atoms with van der Waals surface area (Å²) in [6, 6.07) is 9.30. The third-order valence-electron chi connectivity index (χ3n) is 3.90. The van der Waals surface area contributed by atoms with E-state index in [1.165, 1.54) is 11.3 Å². The number of methoxy groups -OCH3 is 2. The summed E-state index contributed by atoms with van der Waals surface area (Å²) in [4.78, 5) is 27.9. The summed E-state index contributed by atoms with van der Waals surface area (Å²) in [5.41, 5.74) is 0.859. The Morgan fingerprint density at radius 2 is 1.84 bits per heavy atom. The predicted molar refractivity (Wildman–Crippen MR) is 98.6 cm³/mol. The van der Waals surface area contributed by atoms with Crippen molar-refractivity contribution in [3.63, 3.8) is 0 Å². The van der Waals surface area contributed by atoms with Crippen LogP contribution in [0, 0.1) is 6.92 Å². The number of ketones is 1. The number of carbonyl (C=O) groups excluding carboxylic acids is 2. The molecule has 134 valence electrons. The number of ether oxygens (including phenoxy) is 2. The average molecular weight is 361 g/mol. The molecule has 0 spiro atoms. The number of thiophene rings is 1. The minimum absolute atomic E-state index is 0.0128. The molecule has 0 aliphatic heterocycles. The summed E-state index contributed by atoms with van der Waals surface area (Å²) in [5, 5.41) is 0. The van der Waals surface area contributed by atoms with E-state index in [4.69, 9.17) is 9.47 Å². The highest BCUT2D eigenvalue weighted by molar-refractivity contribution is 7.14. The fourth-order valence-electron chi connectivity index (χ4n) is 2.54. The molecule has 1 heterocycles. The van der Waals surface area contributed by atoms with Gasteiger partial charge in [-0.25, -0.2) is 0 Å². The molecule has 0 unspecified atom stereocenters. The Balaban J connectivity index is 1.95. The molecule has 0 saturated heterocycles. The third kappa shape index (κ3) is 4.82. The smallest absolute Gasteiger partial charge is 0.223 e. The van der Waals surface area contributed by atoms with Gasteiger partial charge in [-0.1, -0.05) is 12.1 Å². The van der Waals surface area contributed by atoms with Crippen LogP contribution < -0.4 is 9.47 Å². The van der Waals surface area contributed by atoms with Gasteiger partial charge in [0, 0.05) is 36.9 Å². The summed E-state index contributed by atoms with van der Waals surface area (Å²) in [6.07, 6.45) is 0.414. The Morgan fingerprint density at radius 1 is 1.08 bits per heavy atom. The molecule has 5 nitrogen and oxygen atoms in total. The van der Waals surface area contributed by atoms with Crippen molar-refractivity contribution < 1.29 is 19.1 Å². The second-order valence-corrected chi connectivity index (χ2v) is 7.02. The Morgan fingerprint density at radius 3 is 2.44 bits per heavy atom. The van der Waals surface area contributed by atoms with Crippen LogP contribution in [0.1, 0.15) is 33.0 Å². The number of nitrogens with zero attached hydrogens (tertiary/aromatic N) is 1. The van der Waals surface area contributed by atoms with Crippen LogP contribution in [0.2, 0.25) is 0 Å². The van der Waals surface area contributed by atoms with E-state index in [9.17, 15) is 9.59 Å². The lowest BCUT2D eigenvalue weighted by Crippen LogP contribution is -2.26. The van der Waals surface area contributed by atoms with Crippen molar-refractivity contribution in [2.75, 3.05) is 21.3 Å². The molecule has 0 radical (unpaired) electrons. The first-order valence-corrected chi connectivity index (χ1v) is 8.81. The number of rotatable bonds is 8. The van der Waals surface area contributed by atoms with E-state index in [0.717, 1.165) is 10.4 Å². The van der Waals surface area contributed by atoms with Crippen LogP contribution in [0.4, 0.5) is 0 Å². The molecule has 0 atom stereocenters. The topological polar surface area (TPSA) is 55.8 Å². The Hall–Kier alpha value is -2.34. The molecule has 0 N–H and O–H groups in total. The number of benzene rings is 1. The lowest BCUT2D eigenvalue weighted by Gasteiger charge is -2.19. The summed E-state index contributed by atoms with van der Waals surface area (Å²) in [7, 11) is 4.88. The van der Waals surface area contributed by atoms with Gasteiger partial charge in [0.2, 0.25) is 5.91 Å². The maximum Gasteiger partial charge on any atom is 0.223 e. The Bertz CT molecular complexity index is 754. The van der Waals surface area contributed by atoms with E-state index >= 15 is 0 Å². The molecule has 0 fully saturated rings. The zero-order chi connectivity index (χ0) is 18.4. The number of carbonyl (C=O) groups is 2. The summed E-state index contributed by atoms with van der Waals surface area (Å²) in [6.45, 7) is 2.35. The number of Topliss-reactive ketones (excluding diaryl/α,β-unsaturated/α-hetero) is 1. The second kappa shape index (κ2) is 8.67. The van der Waals surface area contributed by atoms with E-state index in [0.29, 0.717) is 22.9 Å². The van der Waals surface area contributed by atoms with Crippen molar-refractivity contribution in [3.8, 4) is 11.5 Å². The van der Waals surface area contributed by atoms with E-state index in [1.807, 2.05) is 37.3 Å². The van der Waals surface area contributed by atoms with E-state index in [-0.39, 0.29) is 24.5 Å². The number of para-hydroxylation sites is 1. The molecule has 6 heteroatoms. The van der Waals surface area contributed by atoms with Crippen molar-refractivity contribution >= 4 is 23.0 Å². The SMILES string of the molecule is COc1cccc(CN(C)C(=O)CCC(=O)c2ccc(C)s2)c1OC. The molecule has 0 bridgehead atoms. The highest BCUT2D eigenvalue weighted by atomic mass is 32.1. The monoisotopic (exact) mass is 361 g/mol. The van der Waals surface area contributed by atoms with Crippen molar-refractivity contribution in [1.29, 1.82) is 0 Å². The number of hydrogen-bond donors (Lipinski definition) is 0. The van der Waals surface area contributed by atoms with Crippen molar-refractivity contribution in [3.05, 3.63) is 45.6 Å². The second-order valence-electron chi connectivity index (χ2n) is 5.74. The van der Waals surface area contributed by atoms with Gasteiger partial charge in [-0.2, -0.15) is 0 Å². The van der Waals surface area contributed by atoms with Crippen molar-refractivity contribution in [2.24, 2.45) is 0 Å². The molecular formula is C19H23NO4S. The van der Waals surface area contributed by atoms with Gasteiger partial charge in [0.05, 0.1) is 19.1 Å². The largest absolute Gasteiger partial charge is 0.493 e. The summed E-state index contributed by atoms with van der Waals surface area (Å²) < 4.78 is 10.7. The van der Waals surface area contributed by atoms with Gasteiger partial charge in [0.15, 0.2) is 17.3 Å². The molecule has 1 aromatic heterocycles. The third-order valence-corrected chi connectivity index (χ3v) is 4.94. The number of hydrogen-bond acceptors (Lipinski definition) is 5. The molecular weight excluding hydrogens is 338 g/mol. The normalized spacial score (nSPS) is 10.4. The van der Waals surface area contributed by atoms with Crippen LogP contribution in [0.15, 0.2) is 30.3 Å². The molecule has 2 rings (SSSR count). The van der Waals surface area contributed by atoms with Gasteiger partial charge in [-0.3, -0.25) is 9.59 Å². The fourth-order valence-corrected chi connectivity index (χ4v) is 3.38. The van der Waals surface area contributed by atoms with Crippen LogP contribution in [0.3, 0.4) is 0 Å². The maximum absolute atomic E-state index is 12.3. The summed E-state index contributed by atoms with van der Waals surface area (Å²) >= 11 is 1.46. The predicted octanol–water partition coefficient (Wildman–Crippen LogP) is 3.70. The minimum Gasteiger partial charge on any atom is -0.493 e. The zero-order valence-corrected chi connectivity index (χ0v) is 15.8. The van der Waals surface area contributed by atoms with Gasteiger partial charge >= 0.3 is 0 Å². The molecule has 0 saturated carbocycles. The quantitative estimate of drug-likeness (QED) is 0.673. The van der Waals surface area contributed by atoms with E-state index in [1.54, 1.807) is 26.2 Å². The molecule has 0 aliphatic rings. The lowest BCUT2D eigenvalue weighted by atomic mass is 10.1. The maximum atomic E-state index is 12.3. The molecule has 1 aromatic carbocycles. The Kier molecular flexibility index (Phi) is 6.58. The van der Waals surface area contributed by atoms with Crippen LogP contribution in [0.25, 0.3) is 0 Å². The molecule has 25 heavy (non-hydrogen) atoms. The van der Waals surface area contributed by atoms with Gasteiger partial charge in [0.25, 0.3) is 0 Å². The van der Waals surface area contributed by atoms with Crippen LogP contribution in [-0.4, -0.2) is 37.9 Å². The zero-order valence-electron chi connectivity index (χ0n) is 15.0. The minimum atomic E-state index is -0.0773. The van der Waals surface area contributed by atoms with Gasteiger partial charge in [-0.05, 0) is 25.1 Å². The highest BCUT2D eigenvalue weighted by Gasteiger charge is 2.17. The van der Waals surface area contributed by atoms with Crippen LogP contribution in [0.5, 0.6) is 11.5 Å². The fraction of sp³-hybridized carbons (Fsp3) is 0.368. The molecule has 0 aliphatic carbocycles. The number of amides is 1. The van der Waals surface area contributed by atoms with Crippen molar-refractivity contribution in [2.45, 2.75) is 26.3 Å². The highest BCUT2D eigenvalue weighted by Crippen LogP contribution is 2.31. The summed E-state index contributed by atoms with van der Waals surface area (Å²) in [5.74, 6) is 1.18. The average Bonchev–Trinajstić information content (AvgIpc) is 3.05. The van der Waals surface area contributed by atoms with E-state index < -0.39 is 0 Å². The van der Waals surface area contributed by atoms with Crippen LogP contribution >= 0.6 is 11.3 Å². The Labute approximate surface area is 152 Å². The van der Waals surface area contributed by atoms with E-state index in [2.05, 4.69) is 0 Å². The van der Waals surface area contributed by atoms with Gasteiger partial charge < -0.3 is 14.4 Å². The van der Waals surface area contributed by atoms with Gasteiger partial charge in [0.1, 0.15) is 0 Å².